The van der Waals surface area contributed by atoms with Gasteiger partial charge in [0.05, 0.1) is 5.56 Å². The Hall–Kier alpha value is -1.63. The number of aromatic nitrogens is 1. The fourth-order valence-corrected chi connectivity index (χ4v) is 1.97. The van der Waals surface area contributed by atoms with Crippen LogP contribution in [0.25, 0.3) is 0 Å². The maximum Gasteiger partial charge on any atom is 0.428 e. The minimum absolute atomic E-state index is 0.0113. The molecular weight excluding hydrogens is 275 g/mol. The van der Waals surface area contributed by atoms with Gasteiger partial charge in [-0.3, -0.25) is 4.98 Å². The van der Waals surface area contributed by atoms with Crippen LogP contribution in [0.3, 0.4) is 0 Å². The predicted molar refractivity (Wildman–Crippen MR) is 63.2 cm³/mol. The molecule has 0 bridgehead atoms. The summed E-state index contributed by atoms with van der Waals surface area (Å²) in [7, 11) is 0. The Bertz CT molecular complexity index is 467. The molecule has 1 aliphatic heterocycles. The van der Waals surface area contributed by atoms with Crippen molar-refractivity contribution in [3.8, 4) is 0 Å². The molecule has 2 heterocycles. The van der Waals surface area contributed by atoms with Gasteiger partial charge in [-0.1, -0.05) is 0 Å². The molecule has 20 heavy (non-hydrogen) atoms. The second-order valence-electron chi connectivity index (χ2n) is 4.61. The Morgan fingerprint density at radius 1 is 1.50 bits per heavy atom. The molecule has 7 heteroatoms. The fraction of sp³-hybridized carbons (Fsp3) is 0.538. The number of carbonyl (C=O) groups excluding carboxylic acids is 1. The third kappa shape index (κ3) is 3.47. The molecule has 2 rings (SSSR count). The SMILES string of the molecule is Cc1ccc(C(=O)O[C@H]([C@H]2CCCO2)C(F)(F)F)cn1. The van der Waals surface area contributed by atoms with Crippen molar-refractivity contribution >= 4 is 5.97 Å². The molecule has 0 aliphatic carbocycles. The lowest BCUT2D eigenvalue weighted by atomic mass is 10.1. The van der Waals surface area contributed by atoms with Crippen LogP contribution < -0.4 is 0 Å². The first-order chi connectivity index (χ1) is 9.38. The topological polar surface area (TPSA) is 48.4 Å². The molecule has 0 radical (unpaired) electrons. The van der Waals surface area contributed by atoms with Crippen LogP contribution in [0.2, 0.25) is 0 Å². The second-order valence-corrected chi connectivity index (χ2v) is 4.61. The number of halogens is 3. The quantitative estimate of drug-likeness (QED) is 0.803. The van der Waals surface area contributed by atoms with Crippen LogP contribution in [-0.4, -0.2) is 35.9 Å². The summed E-state index contributed by atoms with van der Waals surface area (Å²) in [5, 5.41) is 0. The average Bonchev–Trinajstić information content (AvgIpc) is 2.88. The predicted octanol–water partition coefficient (Wildman–Crippen LogP) is 2.66. The molecule has 0 N–H and O–H groups in total. The van der Waals surface area contributed by atoms with Crippen molar-refractivity contribution in [2.75, 3.05) is 6.61 Å². The van der Waals surface area contributed by atoms with Crippen LogP contribution in [0.4, 0.5) is 13.2 Å². The van der Waals surface area contributed by atoms with Crippen molar-refractivity contribution in [1.29, 1.82) is 0 Å². The standard InChI is InChI=1S/C13H14F3NO3/c1-8-4-5-9(7-17-8)12(18)20-11(13(14,15)16)10-3-2-6-19-10/h4-5,7,10-11H,2-3,6H2,1H3/t10-,11-/m1/s1. The van der Waals surface area contributed by atoms with Crippen LogP contribution in [0.1, 0.15) is 28.9 Å². The number of nitrogens with zero attached hydrogens (tertiary/aromatic N) is 1. The van der Waals surface area contributed by atoms with Crippen molar-refractivity contribution in [2.24, 2.45) is 0 Å². The van der Waals surface area contributed by atoms with Crippen LogP contribution >= 0.6 is 0 Å². The second kappa shape index (κ2) is 5.78. The van der Waals surface area contributed by atoms with Crippen LogP contribution in [0.15, 0.2) is 18.3 Å². The summed E-state index contributed by atoms with van der Waals surface area (Å²) in [6.45, 7) is 1.96. The van der Waals surface area contributed by atoms with Gasteiger partial charge >= 0.3 is 12.1 Å². The lowest BCUT2D eigenvalue weighted by Gasteiger charge is -2.25. The summed E-state index contributed by atoms with van der Waals surface area (Å²) in [6, 6.07) is 2.92. The Labute approximate surface area is 113 Å². The van der Waals surface area contributed by atoms with E-state index >= 15 is 0 Å². The van der Waals surface area contributed by atoms with E-state index in [-0.39, 0.29) is 18.6 Å². The Kier molecular flexibility index (Phi) is 4.27. The maximum atomic E-state index is 12.9. The highest BCUT2D eigenvalue weighted by Crippen LogP contribution is 2.31. The van der Waals surface area contributed by atoms with E-state index < -0.39 is 24.4 Å². The lowest BCUT2D eigenvalue weighted by Crippen LogP contribution is -2.43. The number of carbonyl (C=O) groups is 1. The minimum atomic E-state index is -4.65. The van der Waals surface area contributed by atoms with Crippen molar-refractivity contribution in [3.63, 3.8) is 0 Å². The normalized spacial score (nSPS) is 20.7. The molecule has 1 aromatic heterocycles. The number of esters is 1. The van der Waals surface area contributed by atoms with E-state index in [9.17, 15) is 18.0 Å². The maximum absolute atomic E-state index is 12.9. The molecule has 110 valence electrons. The van der Waals surface area contributed by atoms with E-state index in [4.69, 9.17) is 4.74 Å². The molecule has 4 nitrogen and oxygen atoms in total. The Morgan fingerprint density at radius 3 is 2.75 bits per heavy atom. The lowest BCUT2D eigenvalue weighted by molar-refractivity contribution is -0.230. The number of rotatable bonds is 3. The highest BCUT2D eigenvalue weighted by molar-refractivity contribution is 5.89. The summed E-state index contributed by atoms with van der Waals surface area (Å²) < 4.78 is 48.4. The van der Waals surface area contributed by atoms with Gasteiger partial charge in [0.1, 0.15) is 6.10 Å². The smallest absolute Gasteiger partial charge is 0.428 e. The number of hydrogen-bond donors (Lipinski definition) is 0. The third-order valence-corrected chi connectivity index (χ3v) is 3.01. The van der Waals surface area contributed by atoms with Gasteiger partial charge in [-0.2, -0.15) is 13.2 Å². The molecule has 0 unspecified atom stereocenters. The van der Waals surface area contributed by atoms with E-state index in [0.717, 1.165) is 0 Å². The first-order valence-electron chi connectivity index (χ1n) is 6.20. The van der Waals surface area contributed by atoms with Crippen LogP contribution in [-0.2, 0) is 9.47 Å². The largest absolute Gasteiger partial charge is 0.446 e. The monoisotopic (exact) mass is 289 g/mol. The molecule has 1 aliphatic rings. The van der Waals surface area contributed by atoms with Gasteiger partial charge in [-0.15, -0.1) is 0 Å². The van der Waals surface area contributed by atoms with Crippen molar-refractivity contribution in [2.45, 2.75) is 38.1 Å². The van der Waals surface area contributed by atoms with Gasteiger partial charge in [0.2, 0.25) is 6.10 Å². The van der Waals surface area contributed by atoms with Gasteiger partial charge in [-0.25, -0.2) is 4.79 Å². The number of aryl methyl sites for hydroxylation is 1. The van der Waals surface area contributed by atoms with Gasteiger partial charge in [-0.05, 0) is 31.9 Å². The van der Waals surface area contributed by atoms with Crippen LogP contribution in [0.5, 0.6) is 0 Å². The van der Waals surface area contributed by atoms with Crippen molar-refractivity contribution in [3.05, 3.63) is 29.6 Å². The summed E-state index contributed by atoms with van der Waals surface area (Å²) >= 11 is 0. The van der Waals surface area contributed by atoms with E-state index in [1.54, 1.807) is 6.92 Å². The van der Waals surface area contributed by atoms with E-state index in [0.29, 0.717) is 12.1 Å². The molecular formula is C13H14F3NO3. The number of alkyl halides is 3. The molecule has 1 saturated heterocycles. The molecule has 2 atom stereocenters. The van der Waals surface area contributed by atoms with Crippen molar-refractivity contribution in [1.82, 2.24) is 4.98 Å². The Balaban J connectivity index is 2.11. The third-order valence-electron chi connectivity index (χ3n) is 3.01. The van der Waals surface area contributed by atoms with E-state index in [2.05, 4.69) is 9.72 Å². The average molecular weight is 289 g/mol. The fourth-order valence-electron chi connectivity index (χ4n) is 1.97. The highest BCUT2D eigenvalue weighted by Gasteiger charge is 2.49. The molecule has 0 aromatic carbocycles. The minimum Gasteiger partial charge on any atom is -0.446 e. The van der Waals surface area contributed by atoms with Gasteiger partial charge in [0.25, 0.3) is 0 Å². The summed E-state index contributed by atoms with van der Waals surface area (Å²) in [5.74, 6) is -1.05. The number of hydrogen-bond acceptors (Lipinski definition) is 4. The van der Waals surface area contributed by atoms with Crippen molar-refractivity contribution < 1.29 is 27.4 Å². The zero-order valence-corrected chi connectivity index (χ0v) is 10.8. The summed E-state index contributed by atoms with van der Waals surface area (Å²) in [6.07, 6.45) is -6.07. The van der Waals surface area contributed by atoms with Crippen LogP contribution in [0, 0.1) is 6.92 Å². The zero-order chi connectivity index (χ0) is 14.8. The summed E-state index contributed by atoms with van der Waals surface area (Å²) in [4.78, 5) is 15.6. The first kappa shape index (κ1) is 14.8. The summed E-state index contributed by atoms with van der Waals surface area (Å²) in [5.41, 5.74) is 0.649. The Morgan fingerprint density at radius 2 is 2.25 bits per heavy atom. The molecule has 0 saturated carbocycles. The van der Waals surface area contributed by atoms with E-state index in [1.807, 2.05) is 0 Å². The van der Waals surface area contributed by atoms with Gasteiger partial charge < -0.3 is 9.47 Å². The molecule has 1 aromatic rings. The number of pyridine rings is 1. The molecule has 0 spiro atoms. The zero-order valence-electron chi connectivity index (χ0n) is 10.8. The highest BCUT2D eigenvalue weighted by atomic mass is 19.4. The van der Waals surface area contributed by atoms with Gasteiger partial charge in [0.15, 0.2) is 0 Å². The molecule has 1 fully saturated rings. The molecule has 0 amide bonds. The van der Waals surface area contributed by atoms with Gasteiger partial charge in [0, 0.05) is 18.5 Å². The van der Waals surface area contributed by atoms with E-state index in [1.165, 1.54) is 18.3 Å². The number of ether oxygens (including phenoxy) is 2. The first-order valence-corrected chi connectivity index (χ1v) is 6.20.